The lowest BCUT2D eigenvalue weighted by molar-refractivity contribution is -0.137. The summed E-state index contributed by atoms with van der Waals surface area (Å²) in [7, 11) is 1.82. The zero-order valence-electron chi connectivity index (χ0n) is 13.1. The third kappa shape index (κ3) is 2.96. The Morgan fingerprint density at radius 3 is 2.58 bits per heavy atom. The zero-order chi connectivity index (χ0) is 17.3. The molecule has 1 heterocycles. The van der Waals surface area contributed by atoms with Crippen molar-refractivity contribution in [2.45, 2.75) is 12.5 Å². The summed E-state index contributed by atoms with van der Waals surface area (Å²) < 4.78 is 20.8. The van der Waals surface area contributed by atoms with Gasteiger partial charge in [0.25, 0.3) is 0 Å². The first-order valence-electron chi connectivity index (χ1n) is 7.45. The quantitative estimate of drug-likeness (QED) is 0.750. The van der Waals surface area contributed by atoms with E-state index in [9.17, 15) is 9.18 Å². The van der Waals surface area contributed by atoms with Gasteiger partial charge in [0.05, 0.1) is 11.9 Å². The number of hydrogen-bond donors (Lipinski definition) is 2. The Morgan fingerprint density at radius 2 is 1.92 bits per heavy atom. The highest BCUT2D eigenvalue weighted by atomic mass is 19.1. The first-order valence-corrected chi connectivity index (χ1v) is 7.45. The summed E-state index contributed by atoms with van der Waals surface area (Å²) in [6.07, 6.45) is -0.214. The Hall–Kier alpha value is -2.86. The molecule has 1 atom stereocenters. The van der Waals surface area contributed by atoms with Crippen molar-refractivity contribution in [3.8, 4) is 11.6 Å². The molecule has 0 aliphatic rings. The van der Waals surface area contributed by atoms with Gasteiger partial charge in [-0.2, -0.15) is 0 Å². The molecular formula is C18H17FN2O3. The SMILES string of the molecule is Cn1c(Oc2ccc(F)cc2)c(C(N)CC(=O)O)c2ccccc21. The van der Waals surface area contributed by atoms with E-state index < -0.39 is 12.0 Å². The number of nitrogens with zero attached hydrogens (tertiary/aromatic N) is 1. The summed E-state index contributed by atoms with van der Waals surface area (Å²) >= 11 is 0. The number of ether oxygens (including phenoxy) is 1. The van der Waals surface area contributed by atoms with Crippen LogP contribution in [0.25, 0.3) is 10.9 Å². The van der Waals surface area contributed by atoms with Crippen LogP contribution in [-0.4, -0.2) is 15.6 Å². The summed E-state index contributed by atoms with van der Waals surface area (Å²) in [5.41, 5.74) is 7.62. The third-order valence-electron chi connectivity index (χ3n) is 3.88. The monoisotopic (exact) mass is 328 g/mol. The second-order valence-corrected chi connectivity index (χ2v) is 5.56. The molecule has 0 fully saturated rings. The number of nitrogens with two attached hydrogens (primary N) is 1. The molecule has 24 heavy (non-hydrogen) atoms. The highest BCUT2D eigenvalue weighted by Crippen LogP contribution is 2.38. The third-order valence-corrected chi connectivity index (χ3v) is 3.88. The molecule has 0 amide bonds. The molecule has 6 heteroatoms. The minimum Gasteiger partial charge on any atom is -0.481 e. The number of aryl methyl sites for hydroxylation is 1. The molecule has 0 radical (unpaired) electrons. The summed E-state index contributed by atoms with van der Waals surface area (Å²) in [4.78, 5) is 11.1. The van der Waals surface area contributed by atoms with Crippen LogP contribution in [0, 0.1) is 5.82 Å². The van der Waals surface area contributed by atoms with E-state index in [-0.39, 0.29) is 12.2 Å². The fraction of sp³-hybridized carbons (Fsp3) is 0.167. The highest BCUT2D eigenvalue weighted by molar-refractivity contribution is 5.88. The van der Waals surface area contributed by atoms with Gasteiger partial charge < -0.3 is 20.1 Å². The Labute approximate surface area is 138 Å². The largest absolute Gasteiger partial charge is 0.481 e. The van der Waals surface area contributed by atoms with Crippen LogP contribution in [0.15, 0.2) is 48.5 Å². The van der Waals surface area contributed by atoms with Crippen LogP contribution in [0.1, 0.15) is 18.0 Å². The van der Waals surface area contributed by atoms with E-state index in [4.69, 9.17) is 15.6 Å². The topological polar surface area (TPSA) is 77.5 Å². The Bertz CT molecular complexity index is 887. The molecule has 124 valence electrons. The zero-order valence-corrected chi connectivity index (χ0v) is 13.1. The summed E-state index contributed by atoms with van der Waals surface area (Å²) in [5.74, 6) is -0.437. The molecule has 0 saturated carbocycles. The van der Waals surface area contributed by atoms with E-state index in [1.165, 1.54) is 24.3 Å². The van der Waals surface area contributed by atoms with E-state index in [1.807, 2.05) is 35.9 Å². The van der Waals surface area contributed by atoms with Crippen LogP contribution < -0.4 is 10.5 Å². The number of hydrogen-bond acceptors (Lipinski definition) is 3. The molecule has 1 unspecified atom stereocenters. The molecular weight excluding hydrogens is 311 g/mol. The van der Waals surface area contributed by atoms with Gasteiger partial charge in [0.2, 0.25) is 5.88 Å². The predicted molar refractivity (Wildman–Crippen MR) is 88.6 cm³/mol. The Balaban J connectivity index is 2.12. The van der Waals surface area contributed by atoms with Gasteiger partial charge in [0.1, 0.15) is 11.6 Å². The second kappa shape index (κ2) is 6.33. The molecule has 3 N–H and O–H groups in total. The minimum atomic E-state index is -0.983. The van der Waals surface area contributed by atoms with Crippen molar-refractivity contribution in [2.24, 2.45) is 12.8 Å². The van der Waals surface area contributed by atoms with Crippen LogP contribution in [0.3, 0.4) is 0 Å². The predicted octanol–water partition coefficient (Wildman–Crippen LogP) is 3.58. The van der Waals surface area contributed by atoms with Crippen LogP contribution in [0.4, 0.5) is 4.39 Å². The first kappa shape index (κ1) is 16.0. The standard InChI is InChI=1S/C18H17FN2O3/c1-21-15-5-3-2-4-13(15)17(14(20)10-16(22)23)18(21)24-12-8-6-11(19)7-9-12/h2-9,14H,10,20H2,1H3,(H,22,23). The molecule has 3 rings (SSSR count). The summed E-state index contributed by atoms with van der Waals surface area (Å²) in [6.45, 7) is 0. The molecule has 0 aliphatic heterocycles. The highest BCUT2D eigenvalue weighted by Gasteiger charge is 2.23. The van der Waals surface area contributed by atoms with Crippen molar-refractivity contribution in [2.75, 3.05) is 0 Å². The van der Waals surface area contributed by atoms with Gasteiger partial charge in [-0.05, 0) is 30.3 Å². The van der Waals surface area contributed by atoms with Crippen molar-refractivity contribution in [3.05, 3.63) is 59.9 Å². The number of halogens is 1. The van der Waals surface area contributed by atoms with Gasteiger partial charge in [-0.1, -0.05) is 18.2 Å². The van der Waals surface area contributed by atoms with Crippen LogP contribution in [-0.2, 0) is 11.8 Å². The maximum Gasteiger partial charge on any atom is 0.305 e. The molecule has 2 aromatic carbocycles. The summed E-state index contributed by atoms with van der Waals surface area (Å²) in [5, 5.41) is 9.90. The second-order valence-electron chi connectivity index (χ2n) is 5.56. The number of para-hydroxylation sites is 1. The molecule has 0 spiro atoms. The van der Waals surface area contributed by atoms with Gasteiger partial charge >= 0.3 is 5.97 Å². The van der Waals surface area contributed by atoms with Gasteiger partial charge in [0.15, 0.2) is 0 Å². The number of aliphatic carboxylic acids is 1. The fourth-order valence-corrected chi connectivity index (χ4v) is 2.79. The average Bonchev–Trinajstić information content (AvgIpc) is 2.82. The van der Waals surface area contributed by atoms with Crippen LogP contribution >= 0.6 is 0 Å². The molecule has 5 nitrogen and oxygen atoms in total. The van der Waals surface area contributed by atoms with Crippen molar-refractivity contribution in [1.29, 1.82) is 0 Å². The number of aromatic nitrogens is 1. The number of carboxylic acids is 1. The van der Waals surface area contributed by atoms with Crippen molar-refractivity contribution >= 4 is 16.9 Å². The molecule has 1 aromatic heterocycles. The lowest BCUT2D eigenvalue weighted by Gasteiger charge is -2.14. The number of carboxylic acid groups (broad SMARTS) is 1. The number of benzene rings is 2. The maximum atomic E-state index is 13.1. The lowest BCUT2D eigenvalue weighted by Crippen LogP contribution is -2.15. The fourth-order valence-electron chi connectivity index (χ4n) is 2.79. The molecule has 0 saturated heterocycles. The van der Waals surface area contributed by atoms with Gasteiger partial charge in [-0.15, -0.1) is 0 Å². The maximum absolute atomic E-state index is 13.1. The number of fused-ring (bicyclic) bond motifs is 1. The van der Waals surface area contributed by atoms with Crippen molar-refractivity contribution in [1.82, 2.24) is 4.57 Å². The van der Waals surface area contributed by atoms with E-state index in [0.29, 0.717) is 17.2 Å². The smallest absolute Gasteiger partial charge is 0.305 e. The van der Waals surface area contributed by atoms with E-state index in [0.717, 1.165) is 10.9 Å². The Kier molecular flexibility index (Phi) is 4.22. The van der Waals surface area contributed by atoms with Gasteiger partial charge in [-0.3, -0.25) is 4.79 Å². The number of carbonyl (C=O) groups is 1. The van der Waals surface area contributed by atoms with Crippen LogP contribution in [0.5, 0.6) is 11.6 Å². The Morgan fingerprint density at radius 1 is 1.25 bits per heavy atom. The first-order chi connectivity index (χ1) is 11.5. The van der Waals surface area contributed by atoms with E-state index in [1.54, 1.807) is 0 Å². The van der Waals surface area contributed by atoms with Crippen LogP contribution in [0.2, 0.25) is 0 Å². The van der Waals surface area contributed by atoms with Gasteiger partial charge in [0, 0.05) is 24.0 Å². The summed E-state index contributed by atoms with van der Waals surface area (Å²) in [6, 6.07) is 12.4. The average molecular weight is 328 g/mol. The van der Waals surface area contributed by atoms with Gasteiger partial charge in [-0.25, -0.2) is 4.39 Å². The van der Waals surface area contributed by atoms with E-state index >= 15 is 0 Å². The van der Waals surface area contributed by atoms with E-state index in [2.05, 4.69) is 0 Å². The molecule has 0 bridgehead atoms. The minimum absolute atomic E-state index is 0.214. The molecule has 3 aromatic rings. The lowest BCUT2D eigenvalue weighted by atomic mass is 10.0. The van der Waals surface area contributed by atoms with Crippen molar-refractivity contribution < 1.29 is 19.0 Å². The van der Waals surface area contributed by atoms with Crippen molar-refractivity contribution in [3.63, 3.8) is 0 Å². The molecule has 0 aliphatic carbocycles. The number of rotatable bonds is 5. The normalized spacial score (nSPS) is 12.3.